The minimum atomic E-state index is -0.789. The zero-order chi connectivity index (χ0) is 22.2. The number of carbonyl (C=O) groups is 2. The molecule has 3 aromatic rings. The van der Waals surface area contributed by atoms with Crippen molar-refractivity contribution in [3.05, 3.63) is 83.9 Å². The number of rotatable bonds is 7. The summed E-state index contributed by atoms with van der Waals surface area (Å²) in [5.41, 5.74) is 8.75. The largest absolute Gasteiger partial charge is 0.483 e. The topological polar surface area (TPSA) is 76.7 Å². The molecule has 0 saturated carbocycles. The Morgan fingerprint density at radius 2 is 1.42 bits per heavy atom. The summed E-state index contributed by atoms with van der Waals surface area (Å²) >= 11 is 0. The maximum Gasteiger partial charge on any atom is 0.279 e. The molecule has 0 aliphatic heterocycles. The molecular weight excluding hydrogens is 392 g/mol. The lowest BCUT2D eigenvalue weighted by Gasteiger charge is -2.16. The van der Waals surface area contributed by atoms with Gasteiger partial charge in [0, 0.05) is 0 Å². The highest BCUT2D eigenvalue weighted by atomic mass is 16.5. The first-order valence-corrected chi connectivity index (χ1v) is 10.0. The van der Waals surface area contributed by atoms with Crippen molar-refractivity contribution in [1.29, 1.82) is 0 Å². The average molecular weight is 418 g/mol. The fourth-order valence-corrected chi connectivity index (χ4v) is 3.05. The van der Waals surface area contributed by atoms with Crippen LogP contribution in [0.3, 0.4) is 0 Å². The van der Waals surface area contributed by atoms with E-state index in [0.717, 1.165) is 22.3 Å². The summed E-state index contributed by atoms with van der Waals surface area (Å²) in [5, 5.41) is 0. The molecule has 6 nitrogen and oxygen atoms in total. The van der Waals surface area contributed by atoms with Crippen molar-refractivity contribution < 1.29 is 19.1 Å². The first-order chi connectivity index (χ1) is 14.9. The number of aryl methyl sites for hydroxylation is 2. The van der Waals surface area contributed by atoms with Crippen molar-refractivity contribution in [2.24, 2.45) is 0 Å². The lowest BCUT2D eigenvalue weighted by Crippen LogP contribution is -2.48. The van der Waals surface area contributed by atoms with Gasteiger partial charge in [-0.15, -0.1) is 0 Å². The van der Waals surface area contributed by atoms with Crippen LogP contribution in [0.5, 0.6) is 11.5 Å². The Balaban J connectivity index is 1.45. The van der Waals surface area contributed by atoms with E-state index >= 15 is 0 Å². The zero-order valence-electron chi connectivity index (χ0n) is 17.8. The number of amides is 2. The second-order valence-corrected chi connectivity index (χ2v) is 7.20. The third kappa shape index (κ3) is 6.09. The number of carbonyl (C=O) groups excluding carboxylic acids is 2. The molecule has 0 heterocycles. The molecule has 0 aliphatic rings. The van der Waals surface area contributed by atoms with Crippen molar-refractivity contribution in [2.75, 3.05) is 6.61 Å². The van der Waals surface area contributed by atoms with E-state index in [1.165, 1.54) is 0 Å². The Morgan fingerprint density at radius 1 is 0.806 bits per heavy atom. The van der Waals surface area contributed by atoms with E-state index in [9.17, 15) is 9.59 Å². The maximum atomic E-state index is 12.2. The van der Waals surface area contributed by atoms with Crippen LogP contribution in [-0.4, -0.2) is 24.5 Å². The quantitative estimate of drug-likeness (QED) is 0.570. The lowest BCUT2D eigenvalue weighted by molar-refractivity contribution is -0.133. The van der Waals surface area contributed by atoms with Gasteiger partial charge in [-0.05, 0) is 55.2 Å². The van der Waals surface area contributed by atoms with E-state index in [1.54, 1.807) is 6.92 Å². The van der Waals surface area contributed by atoms with Gasteiger partial charge >= 0.3 is 0 Å². The molecule has 0 bridgehead atoms. The number of nitrogens with one attached hydrogen (secondary N) is 2. The van der Waals surface area contributed by atoms with Crippen LogP contribution in [0.15, 0.2) is 72.8 Å². The molecule has 0 radical (unpaired) electrons. The van der Waals surface area contributed by atoms with Crippen LogP contribution < -0.4 is 20.3 Å². The molecular formula is C25H26N2O4. The number of benzene rings is 3. The second-order valence-electron chi connectivity index (χ2n) is 7.20. The van der Waals surface area contributed by atoms with E-state index in [0.29, 0.717) is 11.5 Å². The van der Waals surface area contributed by atoms with Crippen LogP contribution in [-0.2, 0) is 9.59 Å². The summed E-state index contributed by atoms with van der Waals surface area (Å²) in [7, 11) is 0. The van der Waals surface area contributed by atoms with Crippen LogP contribution in [0, 0.1) is 13.8 Å². The molecule has 1 unspecified atom stereocenters. The van der Waals surface area contributed by atoms with Crippen molar-refractivity contribution in [2.45, 2.75) is 26.9 Å². The van der Waals surface area contributed by atoms with Gasteiger partial charge in [0.25, 0.3) is 11.8 Å². The maximum absolute atomic E-state index is 12.2. The van der Waals surface area contributed by atoms with Crippen LogP contribution in [0.4, 0.5) is 0 Å². The molecule has 0 aromatic heterocycles. The lowest BCUT2D eigenvalue weighted by atomic mass is 10.1. The molecule has 0 saturated heterocycles. The van der Waals surface area contributed by atoms with Crippen molar-refractivity contribution in [3.63, 3.8) is 0 Å². The fourth-order valence-electron chi connectivity index (χ4n) is 3.05. The smallest absolute Gasteiger partial charge is 0.279 e. The molecule has 0 aliphatic carbocycles. The number of hydrogen-bond donors (Lipinski definition) is 2. The molecule has 31 heavy (non-hydrogen) atoms. The predicted molar refractivity (Wildman–Crippen MR) is 120 cm³/mol. The van der Waals surface area contributed by atoms with Gasteiger partial charge in [0.2, 0.25) is 0 Å². The summed E-state index contributed by atoms with van der Waals surface area (Å²) in [4.78, 5) is 24.2. The van der Waals surface area contributed by atoms with Crippen LogP contribution >= 0.6 is 0 Å². The Morgan fingerprint density at radius 3 is 2.06 bits per heavy atom. The van der Waals surface area contributed by atoms with E-state index in [2.05, 4.69) is 10.9 Å². The molecule has 0 fully saturated rings. The van der Waals surface area contributed by atoms with Crippen LogP contribution in [0.25, 0.3) is 11.1 Å². The van der Waals surface area contributed by atoms with Gasteiger partial charge in [0.1, 0.15) is 11.5 Å². The molecule has 3 rings (SSSR count). The van der Waals surface area contributed by atoms with E-state index < -0.39 is 17.9 Å². The molecule has 6 heteroatoms. The summed E-state index contributed by atoms with van der Waals surface area (Å²) < 4.78 is 11.2. The van der Waals surface area contributed by atoms with Gasteiger partial charge in [-0.25, -0.2) is 0 Å². The van der Waals surface area contributed by atoms with Gasteiger partial charge in [0.15, 0.2) is 12.7 Å². The van der Waals surface area contributed by atoms with Gasteiger partial charge in [-0.2, -0.15) is 0 Å². The minimum absolute atomic E-state index is 0.206. The highest BCUT2D eigenvalue weighted by Gasteiger charge is 2.16. The SMILES string of the molecule is Cc1cccc(C)c1OCC(=O)NNC(=O)C(C)Oc1ccc(-c2ccccc2)cc1. The summed E-state index contributed by atoms with van der Waals surface area (Å²) in [5.74, 6) is 0.301. The Labute approximate surface area is 182 Å². The first kappa shape index (κ1) is 21.9. The fraction of sp³-hybridized carbons (Fsp3) is 0.200. The molecule has 160 valence electrons. The van der Waals surface area contributed by atoms with E-state index in [4.69, 9.17) is 9.47 Å². The first-order valence-electron chi connectivity index (χ1n) is 10.0. The van der Waals surface area contributed by atoms with Crippen molar-refractivity contribution >= 4 is 11.8 Å². The Hall–Kier alpha value is -3.80. The highest BCUT2D eigenvalue weighted by molar-refractivity contribution is 5.85. The van der Waals surface area contributed by atoms with Crippen LogP contribution in [0.1, 0.15) is 18.1 Å². The van der Waals surface area contributed by atoms with Crippen molar-refractivity contribution in [3.8, 4) is 22.6 Å². The molecule has 1 atom stereocenters. The third-order valence-corrected chi connectivity index (χ3v) is 4.73. The summed E-state index contributed by atoms with van der Waals surface area (Å²) in [6, 6.07) is 23.2. The average Bonchev–Trinajstić information content (AvgIpc) is 2.78. The summed E-state index contributed by atoms with van der Waals surface area (Å²) in [6.07, 6.45) is -0.789. The molecule has 2 amide bonds. The molecule has 0 spiro atoms. The van der Waals surface area contributed by atoms with Gasteiger partial charge in [-0.3, -0.25) is 20.4 Å². The normalized spacial score (nSPS) is 11.3. The number of hydrazine groups is 1. The van der Waals surface area contributed by atoms with E-state index in [1.807, 2.05) is 86.6 Å². The predicted octanol–water partition coefficient (Wildman–Crippen LogP) is 3.96. The monoisotopic (exact) mass is 418 g/mol. The number of hydrogen-bond acceptors (Lipinski definition) is 4. The Bertz CT molecular complexity index is 1010. The van der Waals surface area contributed by atoms with E-state index in [-0.39, 0.29) is 6.61 Å². The van der Waals surface area contributed by atoms with Gasteiger partial charge in [-0.1, -0.05) is 60.7 Å². The van der Waals surface area contributed by atoms with Gasteiger partial charge < -0.3 is 9.47 Å². The highest BCUT2D eigenvalue weighted by Crippen LogP contribution is 2.23. The number of ether oxygens (including phenoxy) is 2. The number of para-hydroxylation sites is 1. The standard InChI is InChI=1S/C25H26N2O4/c1-17-8-7-9-18(2)24(17)30-16-23(28)26-27-25(29)19(3)31-22-14-12-21(13-15-22)20-10-5-4-6-11-20/h4-15,19H,16H2,1-3H3,(H,26,28)(H,27,29). The second kappa shape index (κ2) is 10.3. The molecule has 2 N–H and O–H groups in total. The summed E-state index contributed by atoms with van der Waals surface area (Å²) in [6.45, 7) is 5.22. The molecule has 3 aromatic carbocycles. The van der Waals surface area contributed by atoms with Crippen LogP contribution in [0.2, 0.25) is 0 Å². The van der Waals surface area contributed by atoms with Gasteiger partial charge in [0.05, 0.1) is 0 Å². The minimum Gasteiger partial charge on any atom is -0.483 e. The zero-order valence-corrected chi connectivity index (χ0v) is 17.8. The Kier molecular flexibility index (Phi) is 7.27. The van der Waals surface area contributed by atoms with Crippen molar-refractivity contribution in [1.82, 2.24) is 10.9 Å². The third-order valence-electron chi connectivity index (χ3n) is 4.73.